The summed E-state index contributed by atoms with van der Waals surface area (Å²) < 4.78 is 55.0. The number of nitrogens with zero attached hydrogens (tertiary/aromatic N) is 3. The van der Waals surface area contributed by atoms with E-state index in [4.69, 9.17) is 14.0 Å². The van der Waals surface area contributed by atoms with Crippen LogP contribution in [0.5, 0.6) is 11.5 Å². The SMILES string of the molecule is COc1ccc(CCN(CCc2nc(-c3cccc(C(F)(F)F)c3)no2)C(=O)C2CCC2)cc1OC. The molecule has 1 aromatic heterocycles. The van der Waals surface area contributed by atoms with E-state index in [1.165, 1.54) is 12.1 Å². The lowest BCUT2D eigenvalue weighted by molar-refractivity contribution is -0.138. The second-order valence-corrected chi connectivity index (χ2v) is 8.73. The Hall–Kier alpha value is -3.56. The first kappa shape index (κ1) is 25.5. The third kappa shape index (κ3) is 5.98. The van der Waals surface area contributed by atoms with E-state index >= 15 is 0 Å². The minimum absolute atomic E-state index is 0.0266. The molecule has 36 heavy (non-hydrogen) atoms. The quantitative estimate of drug-likeness (QED) is 0.379. The third-order valence-corrected chi connectivity index (χ3v) is 6.40. The Balaban J connectivity index is 1.43. The van der Waals surface area contributed by atoms with Gasteiger partial charge in [0.2, 0.25) is 17.6 Å². The molecule has 0 aliphatic heterocycles. The lowest BCUT2D eigenvalue weighted by Crippen LogP contribution is -2.41. The lowest BCUT2D eigenvalue weighted by Gasteiger charge is -2.31. The summed E-state index contributed by atoms with van der Waals surface area (Å²) >= 11 is 0. The van der Waals surface area contributed by atoms with Crippen LogP contribution in [0.3, 0.4) is 0 Å². The number of halogens is 3. The van der Waals surface area contributed by atoms with Crippen molar-refractivity contribution in [1.82, 2.24) is 15.0 Å². The largest absolute Gasteiger partial charge is 0.493 e. The van der Waals surface area contributed by atoms with E-state index < -0.39 is 11.7 Å². The average Bonchev–Trinajstić information content (AvgIpc) is 3.31. The maximum Gasteiger partial charge on any atom is 0.416 e. The minimum atomic E-state index is -4.46. The molecule has 1 aliphatic carbocycles. The molecule has 0 saturated heterocycles. The lowest BCUT2D eigenvalue weighted by atomic mass is 9.84. The maximum atomic E-state index is 13.1. The van der Waals surface area contributed by atoms with Crippen LogP contribution in [0.2, 0.25) is 0 Å². The number of hydrogen-bond donors (Lipinski definition) is 0. The van der Waals surface area contributed by atoms with Crippen molar-refractivity contribution in [2.24, 2.45) is 5.92 Å². The standard InChI is InChI=1S/C26H28F3N3O4/c1-34-21-10-9-17(15-22(21)35-2)11-13-32(25(33)18-5-3-6-18)14-12-23-30-24(31-36-23)19-7-4-8-20(16-19)26(27,28)29/h4,7-10,15-16,18H,3,5-6,11-14H2,1-2H3. The van der Waals surface area contributed by atoms with Crippen LogP contribution in [0.15, 0.2) is 47.0 Å². The number of amides is 1. The second-order valence-electron chi connectivity index (χ2n) is 8.73. The van der Waals surface area contributed by atoms with Crippen molar-refractivity contribution in [3.8, 4) is 22.9 Å². The Labute approximate surface area is 207 Å². The van der Waals surface area contributed by atoms with Gasteiger partial charge in [-0.2, -0.15) is 18.2 Å². The minimum Gasteiger partial charge on any atom is -0.493 e. The molecule has 1 fully saturated rings. The molecule has 0 atom stereocenters. The summed E-state index contributed by atoms with van der Waals surface area (Å²) in [5, 5.41) is 3.84. The molecule has 0 spiro atoms. The fraction of sp³-hybridized carbons (Fsp3) is 0.423. The van der Waals surface area contributed by atoms with Gasteiger partial charge in [0.05, 0.1) is 19.8 Å². The van der Waals surface area contributed by atoms with Crippen LogP contribution < -0.4 is 9.47 Å². The summed E-state index contributed by atoms with van der Waals surface area (Å²) in [4.78, 5) is 19.1. The predicted octanol–water partition coefficient (Wildman–Crippen LogP) is 5.19. The molecule has 192 valence electrons. The molecule has 0 unspecified atom stereocenters. The Morgan fingerprint density at radius 3 is 2.47 bits per heavy atom. The third-order valence-electron chi connectivity index (χ3n) is 6.40. The molecule has 3 aromatic rings. The first-order valence-corrected chi connectivity index (χ1v) is 11.8. The van der Waals surface area contributed by atoms with Crippen molar-refractivity contribution in [2.75, 3.05) is 27.3 Å². The number of carbonyl (C=O) groups is 1. The van der Waals surface area contributed by atoms with Gasteiger partial charge >= 0.3 is 6.18 Å². The molecule has 0 radical (unpaired) electrons. The van der Waals surface area contributed by atoms with Crippen LogP contribution in [0.1, 0.15) is 36.3 Å². The summed E-state index contributed by atoms with van der Waals surface area (Å²) in [7, 11) is 3.15. The van der Waals surface area contributed by atoms with Crippen molar-refractivity contribution >= 4 is 5.91 Å². The molecular formula is C26H28F3N3O4. The zero-order chi connectivity index (χ0) is 25.7. The summed E-state index contributed by atoms with van der Waals surface area (Å²) in [5.41, 5.74) is 0.443. The molecule has 7 nitrogen and oxygen atoms in total. The van der Waals surface area contributed by atoms with Gasteiger partial charge in [-0.15, -0.1) is 0 Å². The number of rotatable bonds is 10. The maximum absolute atomic E-state index is 13.1. The number of alkyl halides is 3. The molecule has 4 rings (SSSR count). The highest BCUT2D eigenvalue weighted by Crippen LogP contribution is 2.32. The fourth-order valence-electron chi connectivity index (χ4n) is 4.08. The Morgan fingerprint density at radius 2 is 1.81 bits per heavy atom. The van der Waals surface area contributed by atoms with Gasteiger partial charge in [0.15, 0.2) is 11.5 Å². The van der Waals surface area contributed by atoms with Crippen LogP contribution in [-0.4, -0.2) is 48.3 Å². The Morgan fingerprint density at radius 1 is 1.06 bits per heavy atom. The zero-order valence-corrected chi connectivity index (χ0v) is 20.2. The number of carbonyl (C=O) groups excluding carboxylic acids is 1. The predicted molar refractivity (Wildman–Crippen MR) is 126 cm³/mol. The summed E-state index contributed by atoms with van der Waals surface area (Å²) in [6.45, 7) is 0.867. The van der Waals surface area contributed by atoms with Gasteiger partial charge in [-0.05, 0) is 49.1 Å². The van der Waals surface area contributed by atoms with E-state index in [-0.39, 0.29) is 29.1 Å². The van der Waals surface area contributed by atoms with E-state index in [2.05, 4.69) is 10.1 Å². The van der Waals surface area contributed by atoms with E-state index in [1.807, 2.05) is 18.2 Å². The fourth-order valence-corrected chi connectivity index (χ4v) is 4.08. The molecular weight excluding hydrogens is 475 g/mol. The Kier molecular flexibility index (Phi) is 7.81. The molecule has 0 bridgehead atoms. The topological polar surface area (TPSA) is 77.7 Å². The van der Waals surface area contributed by atoms with Crippen molar-refractivity contribution in [1.29, 1.82) is 0 Å². The van der Waals surface area contributed by atoms with E-state index in [0.29, 0.717) is 37.4 Å². The van der Waals surface area contributed by atoms with Gasteiger partial charge in [0, 0.05) is 31.0 Å². The zero-order valence-electron chi connectivity index (χ0n) is 20.2. The summed E-state index contributed by atoms with van der Waals surface area (Å²) in [6, 6.07) is 10.5. The van der Waals surface area contributed by atoms with E-state index in [1.54, 1.807) is 19.1 Å². The molecule has 0 N–H and O–H groups in total. The monoisotopic (exact) mass is 503 g/mol. The number of hydrogen-bond acceptors (Lipinski definition) is 6. The average molecular weight is 504 g/mol. The van der Waals surface area contributed by atoms with Gasteiger partial charge < -0.3 is 18.9 Å². The molecule has 1 heterocycles. The second kappa shape index (κ2) is 11.0. The number of aromatic nitrogens is 2. The normalized spacial score (nSPS) is 13.8. The van der Waals surface area contributed by atoms with Crippen molar-refractivity contribution < 1.29 is 32.0 Å². The van der Waals surface area contributed by atoms with Crippen LogP contribution >= 0.6 is 0 Å². The van der Waals surface area contributed by atoms with Crippen LogP contribution in [0, 0.1) is 5.92 Å². The van der Waals surface area contributed by atoms with Gasteiger partial charge in [-0.1, -0.05) is 29.8 Å². The van der Waals surface area contributed by atoms with E-state index in [0.717, 1.165) is 37.0 Å². The van der Waals surface area contributed by atoms with Crippen LogP contribution in [-0.2, 0) is 23.8 Å². The van der Waals surface area contributed by atoms with Crippen molar-refractivity contribution in [2.45, 2.75) is 38.3 Å². The van der Waals surface area contributed by atoms with Crippen LogP contribution in [0.25, 0.3) is 11.4 Å². The molecule has 1 aliphatic rings. The number of ether oxygens (including phenoxy) is 2. The molecule has 1 saturated carbocycles. The highest BCUT2D eigenvalue weighted by atomic mass is 19.4. The summed E-state index contributed by atoms with van der Waals surface area (Å²) in [5.74, 6) is 1.73. The summed E-state index contributed by atoms with van der Waals surface area (Å²) in [6.07, 6.45) is -0.727. The highest BCUT2D eigenvalue weighted by molar-refractivity contribution is 5.79. The van der Waals surface area contributed by atoms with Crippen LogP contribution in [0.4, 0.5) is 13.2 Å². The first-order valence-electron chi connectivity index (χ1n) is 11.8. The van der Waals surface area contributed by atoms with Gasteiger partial charge in [0.1, 0.15) is 0 Å². The number of methoxy groups -OCH3 is 2. The molecule has 10 heteroatoms. The van der Waals surface area contributed by atoms with Gasteiger partial charge in [-0.25, -0.2) is 0 Å². The smallest absolute Gasteiger partial charge is 0.416 e. The first-order chi connectivity index (χ1) is 17.3. The van der Waals surface area contributed by atoms with Gasteiger partial charge in [0.25, 0.3) is 0 Å². The van der Waals surface area contributed by atoms with Crippen molar-refractivity contribution in [3.63, 3.8) is 0 Å². The molecule has 2 aromatic carbocycles. The van der Waals surface area contributed by atoms with E-state index in [9.17, 15) is 18.0 Å². The number of benzene rings is 2. The van der Waals surface area contributed by atoms with Crippen molar-refractivity contribution in [3.05, 3.63) is 59.5 Å². The Bertz CT molecular complexity index is 1190. The highest BCUT2D eigenvalue weighted by Gasteiger charge is 2.31. The molecule has 1 amide bonds. The van der Waals surface area contributed by atoms with Gasteiger partial charge in [-0.3, -0.25) is 4.79 Å².